The lowest BCUT2D eigenvalue weighted by Crippen LogP contribution is -2.28. The third-order valence-electron chi connectivity index (χ3n) is 15.0. The van der Waals surface area contributed by atoms with Gasteiger partial charge in [0.25, 0.3) is 0 Å². The van der Waals surface area contributed by atoms with E-state index in [2.05, 4.69) is 289 Å². The number of fused-ring (bicyclic) bond motifs is 9. The molecule has 2 heteroatoms. The maximum Gasteiger partial charge on any atom is 0.0714 e. The summed E-state index contributed by atoms with van der Waals surface area (Å²) < 4.78 is 2.42. The summed E-state index contributed by atoms with van der Waals surface area (Å²) in [6, 6.07) is 103. The first kappa shape index (κ1) is 40.8. The zero-order chi connectivity index (χ0) is 46.9. The van der Waals surface area contributed by atoms with Crippen LogP contribution in [0.15, 0.2) is 279 Å². The van der Waals surface area contributed by atoms with Crippen molar-refractivity contribution in [1.82, 2.24) is 4.57 Å². The molecule has 0 saturated heterocycles. The molecule has 71 heavy (non-hydrogen) atoms. The van der Waals surface area contributed by atoms with Gasteiger partial charge in [0.2, 0.25) is 0 Å². The van der Waals surface area contributed by atoms with E-state index in [-0.39, 0.29) is 0 Å². The SMILES string of the molecule is c1ccc(-c2c(-c3ccc(N(c4ccc5c(c4)C(c4ccccc4)(c4ccccc4)c4ccccc4-5)c4cccc5c4c4ccccc4n5-c4ccccc4)cc3)c3ccccc3c3ccccc23)cc1. The molecule has 0 aliphatic heterocycles. The zero-order valence-corrected chi connectivity index (χ0v) is 39.0. The van der Waals surface area contributed by atoms with Crippen LogP contribution in [0.4, 0.5) is 17.1 Å². The lowest BCUT2D eigenvalue weighted by atomic mass is 9.67. The first-order chi connectivity index (χ1) is 35.3. The van der Waals surface area contributed by atoms with Crippen molar-refractivity contribution >= 4 is 60.4 Å². The molecular formula is C69H46N2. The Hall–Kier alpha value is -9.24. The normalized spacial score (nSPS) is 12.6. The molecule has 0 unspecified atom stereocenters. The van der Waals surface area contributed by atoms with Crippen molar-refractivity contribution in [2.24, 2.45) is 0 Å². The molecule has 1 heterocycles. The van der Waals surface area contributed by atoms with E-state index < -0.39 is 5.41 Å². The summed E-state index contributed by atoms with van der Waals surface area (Å²) in [4.78, 5) is 2.51. The largest absolute Gasteiger partial charge is 0.310 e. The smallest absolute Gasteiger partial charge is 0.0714 e. The van der Waals surface area contributed by atoms with Crippen LogP contribution in [-0.2, 0) is 5.41 Å². The minimum atomic E-state index is -0.555. The second-order valence-corrected chi connectivity index (χ2v) is 18.7. The summed E-state index contributed by atoms with van der Waals surface area (Å²) in [5.41, 5.74) is 18.6. The molecule has 0 radical (unpaired) electrons. The average molecular weight is 903 g/mol. The van der Waals surface area contributed by atoms with Crippen molar-refractivity contribution in [3.8, 4) is 39.1 Å². The van der Waals surface area contributed by atoms with Crippen LogP contribution >= 0.6 is 0 Å². The summed E-state index contributed by atoms with van der Waals surface area (Å²) in [7, 11) is 0. The topological polar surface area (TPSA) is 8.17 Å². The van der Waals surface area contributed by atoms with E-state index in [9.17, 15) is 0 Å². The van der Waals surface area contributed by atoms with Gasteiger partial charge in [-0.25, -0.2) is 0 Å². The van der Waals surface area contributed by atoms with Crippen LogP contribution in [0.5, 0.6) is 0 Å². The highest BCUT2D eigenvalue weighted by atomic mass is 15.1. The predicted molar refractivity (Wildman–Crippen MR) is 299 cm³/mol. The lowest BCUT2D eigenvalue weighted by molar-refractivity contribution is 0.768. The van der Waals surface area contributed by atoms with Crippen molar-refractivity contribution in [2.75, 3.05) is 4.90 Å². The zero-order valence-electron chi connectivity index (χ0n) is 39.0. The van der Waals surface area contributed by atoms with Gasteiger partial charge in [0.15, 0.2) is 0 Å². The monoisotopic (exact) mass is 902 g/mol. The Morgan fingerprint density at radius 3 is 1.44 bits per heavy atom. The van der Waals surface area contributed by atoms with Gasteiger partial charge >= 0.3 is 0 Å². The van der Waals surface area contributed by atoms with E-state index in [1.54, 1.807) is 0 Å². The Labute approximate surface area is 413 Å². The van der Waals surface area contributed by atoms with E-state index in [0.717, 1.165) is 28.3 Å². The van der Waals surface area contributed by atoms with Crippen LogP contribution in [0.3, 0.4) is 0 Å². The second-order valence-electron chi connectivity index (χ2n) is 18.7. The van der Waals surface area contributed by atoms with Gasteiger partial charge in [-0.1, -0.05) is 224 Å². The highest BCUT2D eigenvalue weighted by Crippen LogP contribution is 2.58. The number of para-hydroxylation sites is 2. The minimum absolute atomic E-state index is 0.555. The van der Waals surface area contributed by atoms with Crippen LogP contribution in [-0.4, -0.2) is 4.57 Å². The highest BCUT2D eigenvalue weighted by molar-refractivity contribution is 6.22. The highest BCUT2D eigenvalue weighted by Gasteiger charge is 2.46. The molecule has 0 saturated carbocycles. The second kappa shape index (κ2) is 16.5. The molecule has 1 aliphatic rings. The average Bonchev–Trinajstić information content (AvgIpc) is 3.95. The Morgan fingerprint density at radius 2 is 0.789 bits per heavy atom. The van der Waals surface area contributed by atoms with E-state index in [4.69, 9.17) is 0 Å². The molecule has 0 amide bonds. The van der Waals surface area contributed by atoms with Crippen LogP contribution in [0.2, 0.25) is 0 Å². The van der Waals surface area contributed by atoms with Crippen LogP contribution in [0.25, 0.3) is 82.4 Å². The predicted octanol–water partition coefficient (Wildman–Crippen LogP) is 18.3. The molecule has 0 bridgehead atoms. The maximum absolute atomic E-state index is 2.51. The number of benzene rings is 12. The van der Waals surface area contributed by atoms with Gasteiger partial charge in [-0.3, -0.25) is 0 Å². The maximum atomic E-state index is 2.51. The fourth-order valence-corrected chi connectivity index (χ4v) is 12.2. The van der Waals surface area contributed by atoms with E-state index in [0.29, 0.717) is 0 Å². The molecule has 1 aliphatic carbocycles. The summed E-state index contributed by atoms with van der Waals surface area (Å²) in [6.45, 7) is 0. The summed E-state index contributed by atoms with van der Waals surface area (Å²) in [5.74, 6) is 0. The van der Waals surface area contributed by atoms with Crippen molar-refractivity contribution in [2.45, 2.75) is 5.41 Å². The molecule has 2 nitrogen and oxygen atoms in total. The van der Waals surface area contributed by atoms with Crippen molar-refractivity contribution in [1.29, 1.82) is 0 Å². The summed E-state index contributed by atoms with van der Waals surface area (Å²) in [6.07, 6.45) is 0. The number of anilines is 3. The standard InChI is InChI=1S/C69H46N2/c1-5-22-47(23-6-1)66-58-33-15-13-30-54(58)55-31-14-16-34-59(55)67(66)48-40-42-52(43-41-48)70(64-38-21-39-65-68(64)60-35-18-20-37-63(60)71(65)51-28-11-4-12-29-51)53-44-45-57-56-32-17-19-36-61(56)69(62(57)46-53,49-24-7-2-8-25-49)50-26-9-3-10-27-50/h1-46H. The van der Waals surface area contributed by atoms with E-state index in [1.165, 1.54) is 93.5 Å². The first-order valence-corrected chi connectivity index (χ1v) is 24.6. The fraction of sp³-hybridized carbons (Fsp3) is 0.0145. The minimum Gasteiger partial charge on any atom is -0.310 e. The lowest BCUT2D eigenvalue weighted by Gasteiger charge is -2.35. The van der Waals surface area contributed by atoms with Crippen molar-refractivity contribution in [3.63, 3.8) is 0 Å². The van der Waals surface area contributed by atoms with E-state index >= 15 is 0 Å². The molecular weight excluding hydrogens is 857 g/mol. The van der Waals surface area contributed by atoms with Crippen molar-refractivity contribution in [3.05, 3.63) is 301 Å². The van der Waals surface area contributed by atoms with Gasteiger partial charge in [0.1, 0.15) is 0 Å². The van der Waals surface area contributed by atoms with Gasteiger partial charge < -0.3 is 9.47 Å². The van der Waals surface area contributed by atoms with Crippen LogP contribution in [0, 0.1) is 0 Å². The fourth-order valence-electron chi connectivity index (χ4n) is 12.2. The summed E-state index contributed by atoms with van der Waals surface area (Å²) in [5, 5.41) is 7.41. The molecule has 14 rings (SSSR count). The Kier molecular flexibility index (Phi) is 9.47. The molecule has 12 aromatic carbocycles. The molecule has 0 N–H and O–H groups in total. The molecule has 0 fully saturated rings. The Balaban J connectivity index is 1.05. The van der Waals surface area contributed by atoms with E-state index in [1.807, 2.05) is 0 Å². The Bertz CT molecular complexity index is 4100. The number of hydrogen-bond donors (Lipinski definition) is 0. The molecule has 13 aromatic rings. The van der Waals surface area contributed by atoms with Gasteiger partial charge in [0.05, 0.1) is 22.1 Å². The van der Waals surface area contributed by atoms with Crippen LogP contribution in [0.1, 0.15) is 22.3 Å². The van der Waals surface area contributed by atoms with Gasteiger partial charge in [-0.2, -0.15) is 0 Å². The third-order valence-corrected chi connectivity index (χ3v) is 15.0. The molecule has 0 atom stereocenters. The van der Waals surface area contributed by atoms with Gasteiger partial charge in [0, 0.05) is 27.8 Å². The van der Waals surface area contributed by atoms with Crippen molar-refractivity contribution < 1.29 is 0 Å². The first-order valence-electron chi connectivity index (χ1n) is 24.6. The van der Waals surface area contributed by atoms with Crippen LogP contribution < -0.4 is 4.90 Å². The molecule has 332 valence electrons. The number of nitrogens with zero attached hydrogens (tertiary/aromatic N) is 2. The van der Waals surface area contributed by atoms with Gasteiger partial charge in [-0.05, 0) is 132 Å². The number of aromatic nitrogens is 1. The Morgan fingerprint density at radius 1 is 0.310 bits per heavy atom. The number of rotatable bonds is 8. The molecule has 0 spiro atoms. The third kappa shape index (κ3) is 6.21. The van der Waals surface area contributed by atoms with Gasteiger partial charge in [-0.15, -0.1) is 0 Å². The number of hydrogen-bond acceptors (Lipinski definition) is 1. The summed E-state index contributed by atoms with van der Waals surface area (Å²) >= 11 is 0. The quantitative estimate of drug-likeness (QED) is 0.138. The molecule has 1 aromatic heterocycles.